The highest BCUT2D eigenvalue weighted by molar-refractivity contribution is 5.95. The smallest absolute Gasteiger partial charge is 0.352 e. The van der Waals surface area contributed by atoms with Crippen LogP contribution in [0.3, 0.4) is 0 Å². The minimum absolute atomic E-state index is 0.0594. The minimum atomic E-state index is -4.67. The highest BCUT2D eigenvalue weighted by Gasteiger charge is 2.34. The number of alkyl halides is 6. The number of nitrogens with one attached hydrogen (secondary N) is 1. The lowest BCUT2D eigenvalue weighted by atomic mass is 10.1. The predicted octanol–water partition coefficient (Wildman–Crippen LogP) is 4.70. The summed E-state index contributed by atoms with van der Waals surface area (Å²) in [6.45, 7) is -0.0909. The molecule has 1 amide bonds. The van der Waals surface area contributed by atoms with Gasteiger partial charge in [0.15, 0.2) is 0 Å². The number of carbonyl (C=O) groups excluding carboxylic acids is 1. The summed E-state index contributed by atoms with van der Waals surface area (Å²) in [5, 5.41) is 2.30. The van der Waals surface area contributed by atoms with Gasteiger partial charge in [0.1, 0.15) is 0 Å². The Bertz CT molecular complexity index is 751. The van der Waals surface area contributed by atoms with Gasteiger partial charge in [-0.25, -0.2) is 0 Å². The average Bonchev–Trinajstić information content (AvgIpc) is 2.53. The van der Waals surface area contributed by atoms with E-state index in [2.05, 4.69) is 5.32 Å². The Hall–Kier alpha value is -2.51. The number of hydrogen-bond acceptors (Lipinski definition) is 1. The number of carbonyl (C=O) groups is 1. The van der Waals surface area contributed by atoms with Crippen LogP contribution in [0, 0.1) is 0 Å². The maximum atomic E-state index is 12.9. The lowest BCUT2D eigenvalue weighted by Gasteiger charge is -2.13. The molecule has 2 aromatic rings. The average molecular weight is 361 g/mol. The summed E-state index contributed by atoms with van der Waals surface area (Å²) in [5.41, 5.74) is -2.09. The third-order valence-electron chi connectivity index (χ3n) is 3.43. The van der Waals surface area contributed by atoms with Crippen molar-refractivity contribution in [1.82, 2.24) is 5.32 Å². The van der Waals surface area contributed by atoms with E-state index in [0.717, 1.165) is 24.3 Å². The number of benzene rings is 2. The molecule has 2 rings (SSSR count). The van der Waals surface area contributed by atoms with Crippen LogP contribution in [-0.4, -0.2) is 12.5 Å². The van der Waals surface area contributed by atoms with E-state index < -0.39 is 35.0 Å². The molecule has 25 heavy (non-hydrogen) atoms. The molecule has 1 N–H and O–H groups in total. The summed E-state index contributed by atoms with van der Waals surface area (Å²) in [6.07, 6.45) is -9.09. The van der Waals surface area contributed by atoms with E-state index in [4.69, 9.17) is 0 Å². The van der Waals surface area contributed by atoms with E-state index in [1.165, 1.54) is 24.3 Å². The molecule has 0 aliphatic heterocycles. The molecule has 0 spiro atoms. The van der Waals surface area contributed by atoms with Gasteiger partial charge in [0, 0.05) is 6.54 Å². The van der Waals surface area contributed by atoms with Crippen LogP contribution in [0.4, 0.5) is 26.3 Å². The van der Waals surface area contributed by atoms with Crippen LogP contribution in [0.15, 0.2) is 48.5 Å². The van der Waals surface area contributed by atoms with Gasteiger partial charge in [-0.3, -0.25) is 4.79 Å². The first-order chi connectivity index (χ1) is 11.6. The van der Waals surface area contributed by atoms with Gasteiger partial charge in [0.25, 0.3) is 5.91 Å². The Morgan fingerprint density at radius 1 is 0.880 bits per heavy atom. The summed E-state index contributed by atoms with van der Waals surface area (Å²) < 4.78 is 76.5. The normalized spacial score (nSPS) is 12.1. The molecule has 0 bridgehead atoms. The van der Waals surface area contributed by atoms with E-state index in [0.29, 0.717) is 5.56 Å². The van der Waals surface area contributed by atoms with Crippen molar-refractivity contribution in [3.63, 3.8) is 0 Å². The third kappa shape index (κ3) is 4.98. The Balaban J connectivity index is 2.03. The van der Waals surface area contributed by atoms with E-state index in [1.807, 2.05) is 0 Å². The Kier molecular flexibility index (Phi) is 5.39. The highest BCUT2D eigenvalue weighted by atomic mass is 19.4. The molecular weight excluding hydrogens is 348 g/mol. The molecule has 2 nitrogen and oxygen atoms in total. The molecule has 0 aliphatic carbocycles. The molecular formula is C17H13F6NO. The van der Waals surface area contributed by atoms with Crippen LogP contribution in [0.25, 0.3) is 0 Å². The standard InChI is InChI=1S/C17H13F6NO/c18-16(19,20)12-5-3-4-11(10-12)8-9-24-15(25)13-6-1-2-7-14(13)17(21,22)23/h1-7,10H,8-9H2,(H,24,25). The quantitative estimate of drug-likeness (QED) is 0.786. The SMILES string of the molecule is O=C(NCCc1cccc(C(F)(F)F)c1)c1ccccc1C(F)(F)F. The molecule has 0 aromatic heterocycles. The molecule has 0 heterocycles. The molecule has 0 saturated heterocycles. The molecule has 0 unspecified atom stereocenters. The number of hydrogen-bond donors (Lipinski definition) is 1. The van der Waals surface area contributed by atoms with Gasteiger partial charge in [-0.2, -0.15) is 26.3 Å². The summed E-state index contributed by atoms with van der Waals surface area (Å²) in [6, 6.07) is 8.85. The van der Waals surface area contributed by atoms with Crippen molar-refractivity contribution in [2.24, 2.45) is 0 Å². The monoisotopic (exact) mass is 361 g/mol. The second-order valence-corrected chi connectivity index (χ2v) is 5.25. The maximum Gasteiger partial charge on any atom is 0.417 e. The van der Waals surface area contributed by atoms with Crippen molar-refractivity contribution in [2.45, 2.75) is 18.8 Å². The first kappa shape index (κ1) is 18.8. The van der Waals surface area contributed by atoms with Gasteiger partial charge in [-0.15, -0.1) is 0 Å². The molecule has 2 aromatic carbocycles. The summed E-state index contributed by atoms with van der Waals surface area (Å²) >= 11 is 0. The van der Waals surface area contributed by atoms with Gasteiger partial charge in [0.2, 0.25) is 0 Å². The fourth-order valence-electron chi connectivity index (χ4n) is 2.25. The van der Waals surface area contributed by atoms with E-state index >= 15 is 0 Å². The zero-order valence-corrected chi connectivity index (χ0v) is 12.7. The largest absolute Gasteiger partial charge is 0.417 e. The number of halogens is 6. The topological polar surface area (TPSA) is 29.1 Å². The van der Waals surface area contributed by atoms with E-state index in [1.54, 1.807) is 0 Å². The molecule has 0 radical (unpaired) electrons. The molecule has 0 fully saturated rings. The lowest BCUT2D eigenvalue weighted by Crippen LogP contribution is -2.28. The van der Waals surface area contributed by atoms with E-state index in [9.17, 15) is 31.1 Å². The highest BCUT2D eigenvalue weighted by Crippen LogP contribution is 2.32. The second kappa shape index (κ2) is 7.16. The molecule has 0 atom stereocenters. The van der Waals surface area contributed by atoms with Crippen molar-refractivity contribution in [3.8, 4) is 0 Å². The van der Waals surface area contributed by atoms with Gasteiger partial charge in [-0.1, -0.05) is 30.3 Å². The first-order valence-electron chi connectivity index (χ1n) is 7.19. The van der Waals surface area contributed by atoms with Gasteiger partial charge >= 0.3 is 12.4 Å². The predicted molar refractivity (Wildman–Crippen MR) is 78.9 cm³/mol. The Labute approximate surface area is 139 Å². The van der Waals surface area contributed by atoms with Crippen LogP contribution < -0.4 is 5.32 Å². The second-order valence-electron chi connectivity index (χ2n) is 5.25. The van der Waals surface area contributed by atoms with Gasteiger partial charge in [-0.05, 0) is 30.2 Å². The summed E-state index contributed by atoms with van der Waals surface area (Å²) in [7, 11) is 0. The molecule has 8 heteroatoms. The van der Waals surface area contributed by atoms with E-state index in [-0.39, 0.29) is 13.0 Å². The van der Waals surface area contributed by atoms with Crippen molar-refractivity contribution >= 4 is 5.91 Å². The van der Waals surface area contributed by atoms with Crippen molar-refractivity contribution in [1.29, 1.82) is 0 Å². The van der Waals surface area contributed by atoms with Gasteiger partial charge < -0.3 is 5.32 Å². The van der Waals surface area contributed by atoms with Crippen molar-refractivity contribution < 1.29 is 31.1 Å². The summed E-state index contributed by atoms with van der Waals surface area (Å²) in [5.74, 6) is -0.931. The zero-order valence-electron chi connectivity index (χ0n) is 12.7. The van der Waals surface area contributed by atoms with Crippen LogP contribution >= 0.6 is 0 Å². The zero-order chi connectivity index (χ0) is 18.7. The lowest BCUT2D eigenvalue weighted by molar-refractivity contribution is -0.138. The Morgan fingerprint density at radius 3 is 2.20 bits per heavy atom. The fourth-order valence-corrected chi connectivity index (χ4v) is 2.25. The molecule has 0 aliphatic rings. The maximum absolute atomic E-state index is 12.9. The third-order valence-corrected chi connectivity index (χ3v) is 3.43. The number of amides is 1. The van der Waals surface area contributed by atoms with Crippen LogP contribution in [0.5, 0.6) is 0 Å². The van der Waals surface area contributed by atoms with Gasteiger partial charge in [0.05, 0.1) is 16.7 Å². The molecule has 134 valence electrons. The fraction of sp³-hybridized carbons (Fsp3) is 0.235. The first-order valence-corrected chi connectivity index (χ1v) is 7.19. The van der Waals surface area contributed by atoms with Crippen molar-refractivity contribution in [3.05, 3.63) is 70.8 Å². The van der Waals surface area contributed by atoms with Crippen molar-refractivity contribution in [2.75, 3.05) is 6.54 Å². The van der Waals surface area contributed by atoms with Crippen LogP contribution in [0.2, 0.25) is 0 Å². The van der Waals surface area contributed by atoms with Crippen LogP contribution in [-0.2, 0) is 18.8 Å². The Morgan fingerprint density at radius 2 is 1.56 bits per heavy atom. The summed E-state index contributed by atoms with van der Waals surface area (Å²) in [4.78, 5) is 11.9. The minimum Gasteiger partial charge on any atom is -0.352 e. The number of rotatable bonds is 4. The van der Waals surface area contributed by atoms with Crippen LogP contribution in [0.1, 0.15) is 27.0 Å². The molecule has 0 saturated carbocycles.